The number of likely N-dealkylation sites (N-methyl/N-ethyl adjacent to an activating group) is 1. The summed E-state index contributed by atoms with van der Waals surface area (Å²) < 4.78 is 2.38. The molecule has 102 valence electrons. The SMILES string of the molecule is CN(C)C(=O)Cn1cc(C#N)c(=O)c2cc(Br)ccc21. The van der Waals surface area contributed by atoms with Crippen LogP contribution >= 0.6 is 15.9 Å². The van der Waals surface area contributed by atoms with Crippen molar-refractivity contribution in [3.8, 4) is 6.07 Å². The highest BCUT2D eigenvalue weighted by molar-refractivity contribution is 9.10. The molecule has 1 aromatic heterocycles. The fourth-order valence-electron chi connectivity index (χ4n) is 1.87. The number of aromatic nitrogens is 1. The molecule has 20 heavy (non-hydrogen) atoms. The third kappa shape index (κ3) is 2.58. The smallest absolute Gasteiger partial charge is 0.241 e. The number of halogens is 1. The second-order valence-corrected chi connectivity index (χ2v) is 5.48. The predicted molar refractivity (Wildman–Crippen MR) is 79.3 cm³/mol. The molecule has 0 aliphatic heterocycles. The fourth-order valence-corrected chi connectivity index (χ4v) is 2.23. The molecule has 5 nitrogen and oxygen atoms in total. The summed E-state index contributed by atoms with van der Waals surface area (Å²) in [6.07, 6.45) is 1.43. The molecular formula is C14H12BrN3O2. The topological polar surface area (TPSA) is 66.1 Å². The normalized spacial score (nSPS) is 10.3. The van der Waals surface area contributed by atoms with Crippen LogP contribution in [-0.2, 0) is 11.3 Å². The highest BCUT2D eigenvalue weighted by Crippen LogP contribution is 2.18. The van der Waals surface area contributed by atoms with E-state index in [1.165, 1.54) is 11.1 Å². The van der Waals surface area contributed by atoms with Crippen LogP contribution < -0.4 is 5.43 Å². The molecule has 1 aromatic carbocycles. The Morgan fingerprint density at radius 2 is 2.15 bits per heavy atom. The molecule has 0 fully saturated rings. The number of hydrogen-bond acceptors (Lipinski definition) is 3. The van der Waals surface area contributed by atoms with Gasteiger partial charge in [0.15, 0.2) is 0 Å². The summed E-state index contributed by atoms with van der Waals surface area (Å²) in [5, 5.41) is 9.47. The van der Waals surface area contributed by atoms with Crippen molar-refractivity contribution in [1.82, 2.24) is 9.47 Å². The van der Waals surface area contributed by atoms with Crippen molar-refractivity contribution in [1.29, 1.82) is 5.26 Å². The van der Waals surface area contributed by atoms with E-state index in [4.69, 9.17) is 5.26 Å². The average Bonchev–Trinajstić information content (AvgIpc) is 2.41. The molecule has 1 heterocycles. The summed E-state index contributed by atoms with van der Waals surface area (Å²) in [7, 11) is 3.32. The Morgan fingerprint density at radius 3 is 2.75 bits per heavy atom. The maximum absolute atomic E-state index is 12.1. The molecule has 6 heteroatoms. The molecule has 2 aromatic rings. The number of pyridine rings is 1. The lowest BCUT2D eigenvalue weighted by atomic mass is 10.1. The predicted octanol–water partition coefficient (Wildman–Crippen LogP) is 1.72. The van der Waals surface area contributed by atoms with Crippen molar-refractivity contribution in [3.63, 3.8) is 0 Å². The summed E-state index contributed by atoms with van der Waals surface area (Å²) in [4.78, 5) is 25.4. The molecule has 0 spiro atoms. The lowest BCUT2D eigenvalue weighted by molar-refractivity contribution is -0.129. The second kappa shape index (κ2) is 5.47. The first-order valence-electron chi connectivity index (χ1n) is 5.87. The van der Waals surface area contributed by atoms with E-state index in [2.05, 4.69) is 15.9 Å². The minimum atomic E-state index is -0.322. The van der Waals surface area contributed by atoms with Gasteiger partial charge in [-0.15, -0.1) is 0 Å². The van der Waals surface area contributed by atoms with Gasteiger partial charge in [0.25, 0.3) is 0 Å². The van der Waals surface area contributed by atoms with Gasteiger partial charge in [0, 0.05) is 30.2 Å². The van der Waals surface area contributed by atoms with Crippen molar-refractivity contribution in [3.05, 3.63) is 44.7 Å². The minimum absolute atomic E-state index is 0.0298. The standard InChI is InChI=1S/C14H12BrN3O2/c1-17(2)13(19)8-18-7-9(6-16)14(20)11-5-10(15)3-4-12(11)18/h3-5,7H,8H2,1-2H3. The Labute approximate surface area is 124 Å². The van der Waals surface area contributed by atoms with Crippen LogP contribution in [0.4, 0.5) is 0 Å². The van der Waals surface area contributed by atoms with E-state index in [1.54, 1.807) is 36.9 Å². The molecule has 0 saturated carbocycles. The van der Waals surface area contributed by atoms with Crippen molar-refractivity contribution in [2.24, 2.45) is 0 Å². The first kappa shape index (κ1) is 14.3. The zero-order valence-corrected chi connectivity index (χ0v) is 12.6. The molecule has 0 aliphatic rings. The number of carbonyl (C=O) groups excluding carboxylic acids is 1. The van der Waals surface area contributed by atoms with Gasteiger partial charge in [-0.05, 0) is 18.2 Å². The summed E-state index contributed by atoms with van der Waals surface area (Å²) in [6, 6.07) is 7.09. The van der Waals surface area contributed by atoms with Crippen LogP contribution in [0.25, 0.3) is 10.9 Å². The lowest BCUT2D eigenvalue weighted by Gasteiger charge is -2.15. The van der Waals surface area contributed by atoms with Gasteiger partial charge in [0.2, 0.25) is 11.3 Å². The zero-order chi connectivity index (χ0) is 14.9. The van der Waals surface area contributed by atoms with Crippen LogP contribution in [0.2, 0.25) is 0 Å². The maximum Gasteiger partial charge on any atom is 0.241 e. The zero-order valence-electron chi connectivity index (χ0n) is 11.1. The molecule has 0 aliphatic carbocycles. The van der Waals surface area contributed by atoms with Gasteiger partial charge in [0.05, 0.1) is 5.52 Å². The summed E-state index contributed by atoms with van der Waals surface area (Å²) in [5.74, 6) is -0.109. The third-order valence-corrected chi connectivity index (χ3v) is 3.46. The monoisotopic (exact) mass is 333 g/mol. The van der Waals surface area contributed by atoms with Gasteiger partial charge < -0.3 is 9.47 Å². The van der Waals surface area contributed by atoms with Crippen LogP contribution in [0.1, 0.15) is 5.56 Å². The molecule has 0 radical (unpaired) electrons. The lowest BCUT2D eigenvalue weighted by Crippen LogP contribution is -2.27. The minimum Gasteiger partial charge on any atom is -0.347 e. The van der Waals surface area contributed by atoms with Crippen LogP contribution in [-0.4, -0.2) is 29.5 Å². The van der Waals surface area contributed by atoms with Crippen LogP contribution in [0.3, 0.4) is 0 Å². The van der Waals surface area contributed by atoms with Crippen molar-refractivity contribution < 1.29 is 4.79 Å². The average molecular weight is 334 g/mol. The van der Waals surface area contributed by atoms with Gasteiger partial charge in [0.1, 0.15) is 18.2 Å². The number of carbonyl (C=O) groups is 1. The second-order valence-electron chi connectivity index (χ2n) is 4.56. The van der Waals surface area contributed by atoms with E-state index in [0.29, 0.717) is 10.9 Å². The third-order valence-electron chi connectivity index (χ3n) is 2.97. The number of fused-ring (bicyclic) bond motifs is 1. The maximum atomic E-state index is 12.1. The highest BCUT2D eigenvalue weighted by Gasteiger charge is 2.12. The molecule has 0 unspecified atom stereocenters. The van der Waals surface area contributed by atoms with Crippen molar-refractivity contribution >= 4 is 32.7 Å². The van der Waals surface area contributed by atoms with E-state index in [1.807, 2.05) is 6.07 Å². The molecule has 2 rings (SSSR count). The largest absolute Gasteiger partial charge is 0.347 e. The van der Waals surface area contributed by atoms with Crippen molar-refractivity contribution in [2.45, 2.75) is 6.54 Å². The van der Waals surface area contributed by atoms with Gasteiger partial charge in [-0.25, -0.2) is 0 Å². The van der Waals surface area contributed by atoms with E-state index >= 15 is 0 Å². The summed E-state index contributed by atoms with van der Waals surface area (Å²) in [5.41, 5.74) is 0.340. The first-order valence-corrected chi connectivity index (χ1v) is 6.66. The van der Waals surface area contributed by atoms with Crippen molar-refractivity contribution in [2.75, 3.05) is 14.1 Å². The number of rotatable bonds is 2. The Hall–Kier alpha value is -2.13. The Morgan fingerprint density at radius 1 is 1.45 bits per heavy atom. The van der Waals surface area contributed by atoms with E-state index in [-0.39, 0.29) is 23.4 Å². The highest BCUT2D eigenvalue weighted by atomic mass is 79.9. The molecule has 0 saturated heterocycles. The number of amides is 1. The Kier molecular flexibility index (Phi) is 3.91. The summed E-state index contributed by atoms with van der Waals surface area (Å²) >= 11 is 3.31. The van der Waals surface area contributed by atoms with Gasteiger partial charge in [-0.2, -0.15) is 5.26 Å². The number of hydrogen-bond donors (Lipinski definition) is 0. The van der Waals surface area contributed by atoms with E-state index in [9.17, 15) is 9.59 Å². The summed E-state index contributed by atoms with van der Waals surface area (Å²) in [6.45, 7) is 0.0834. The molecule has 0 bridgehead atoms. The molecular weight excluding hydrogens is 322 g/mol. The van der Waals surface area contributed by atoms with Gasteiger partial charge >= 0.3 is 0 Å². The van der Waals surface area contributed by atoms with E-state index < -0.39 is 0 Å². The number of nitrogens with zero attached hydrogens (tertiary/aromatic N) is 3. The Balaban J connectivity index is 2.72. The fraction of sp³-hybridized carbons (Fsp3) is 0.214. The number of benzene rings is 1. The quantitative estimate of drug-likeness (QED) is 0.840. The van der Waals surface area contributed by atoms with Crippen LogP contribution in [0.5, 0.6) is 0 Å². The molecule has 0 N–H and O–H groups in total. The molecule has 1 amide bonds. The van der Waals surface area contributed by atoms with Gasteiger partial charge in [-0.3, -0.25) is 9.59 Å². The number of nitriles is 1. The molecule has 0 atom stereocenters. The van der Waals surface area contributed by atoms with Crippen LogP contribution in [0, 0.1) is 11.3 Å². The van der Waals surface area contributed by atoms with Gasteiger partial charge in [-0.1, -0.05) is 15.9 Å². The first-order chi connectivity index (χ1) is 9.43. The van der Waals surface area contributed by atoms with Crippen LogP contribution in [0.15, 0.2) is 33.7 Å². The van der Waals surface area contributed by atoms with E-state index in [0.717, 1.165) is 4.47 Å². The Bertz CT molecular complexity index is 787.